The van der Waals surface area contributed by atoms with Gasteiger partial charge in [0, 0.05) is 36.9 Å². The summed E-state index contributed by atoms with van der Waals surface area (Å²) < 4.78 is 45.5. The minimum absolute atomic E-state index is 0.0163. The van der Waals surface area contributed by atoms with Crippen LogP contribution in [0, 0.1) is 0 Å². The third-order valence-corrected chi connectivity index (χ3v) is 6.57. The van der Waals surface area contributed by atoms with Gasteiger partial charge in [0.15, 0.2) is 5.96 Å². The molecule has 3 heterocycles. The van der Waals surface area contributed by atoms with Crippen molar-refractivity contribution in [2.75, 3.05) is 13.2 Å². The van der Waals surface area contributed by atoms with Crippen LogP contribution in [0.1, 0.15) is 48.6 Å². The van der Waals surface area contributed by atoms with Crippen LogP contribution in [0.4, 0.5) is 13.2 Å². The SMILES string of the molecule is C[C@@]1(c2cccc(Cc3cccnc3C(F)(F)F)c2Cl)CC(=O)N(C2CCOCC2)C(N)=N1. The molecule has 1 aromatic carbocycles. The molecule has 4 rings (SSSR count). The van der Waals surface area contributed by atoms with E-state index >= 15 is 0 Å². The Balaban J connectivity index is 1.67. The highest BCUT2D eigenvalue weighted by Crippen LogP contribution is 2.40. The smallest absolute Gasteiger partial charge is 0.381 e. The molecule has 2 aliphatic heterocycles. The number of pyridine rings is 1. The molecule has 0 unspecified atom stereocenters. The number of nitrogens with zero attached hydrogens (tertiary/aromatic N) is 3. The standard InChI is InChI=1S/C23H24ClF3N4O2/c1-22(13-18(32)31(21(28)30-22)16-7-10-33-11-8-16)17-6-2-4-14(19(17)24)12-15-5-3-9-29-20(15)23(25,26)27/h2-6,9,16H,7-8,10-13H2,1H3,(H2,28,30)/t22-/m0/s1. The Morgan fingerprint density at radius 2 is 1.91 bits per heavy atom. The molecular formula is C23H24ClF3N4O2. The summed E-state index contributed by atoms with van der Waals surface area (Å²) in [7, 11) is 0. The number of rotatable bonds is 4. The zero-order chi connectivity index (χ0) is 23.8. The van der Waals surface area contributed by atoms with Crippen molar-refractivity contribution in [3.63, 3.8) is 0 Å². The molecule has 2 aliphatic rings. The molecule has 6 nitrogen and oxygen atoms in total. The Morgan fingerprint density at radius 3 is 2.58 bits per heavy atom. The van der Waals surface area contributed by atoms with Crippen molar-refractivity contribution in [2.24, 2.45) is 10.7 Å². The minimum Gasteiger partial charge on any atom is -0.381 e. The van der Waals surface area contributed by atoms with Gasteiger partial charge in [0.2, 0.25) is 5.91 Å². The van der Waals surface area contributed by atoms with Crippen molar-refractivity contribution in [3.8, 4) is 0 Å². The Hall–Kier alpha value is -2.65. The number of halogens is 4. The van der Waals surface area contributed by atoms with Gasteiger partial charge in [-0.15, -0.1) is 0 Å². The maximum atomic E-state index is 13.4. The monoisotopic (exact) mass is 480 g/mol. The van der Waals surface area contributed by atoms with Gasteiger partial charge in [-0.05, 0) is 42.5 Å². The first-order chi connectivity index (χ1) is 15.6. The molecule has 0 spiro atoms. The minimum atomic E-state index is -4.57. The first-order valence-corrected chi connectivity index (χ1v) is 11.0. The Labute approximate surface area is 194 Å². The number of alkyl halides is 3. The van der Waals surface area contributed by atoms with Crippen molar-refractivity contribution in [2.45, 2.75) is 50.4 Å². The molecule has 0 aliphatic carbocycles. The number of hydrogen-bond acceptors (Lipinski definition) is 5. The van der Waals surface area contributed by atoms with Crippen LogP contribution >= 0.6 is 11.6 Å². The van der Waals surface area contributed by atoms with Crippen LogP contribution < -0.4 is 5.73 Å². The Morgan fingerprint density at radius 1 is 1.21 bits per heavy atom. The van der Waals surface area contributed by atoms with E-state index in [0.29, 0.717) is 37.2 Å². The number of aromatic nitrogens is 1. The van der Waals surface area contributed by atoms with Crippen LogP contribution in [0.3, 0.4) is 0 Å². The lowest BCUT2D eigenvalue weighted by molar-refractivity contribution is -0.141. The molecule has 0 radical (unpaired) electrons. The highest BCUT2D eigenvalue weighted by Gasteiger charge is 2.42. The van der Waals surface area contributed by atoms with Crippen molar-refractivity contribution >= 4 is 23.5 Å². The van der Waals surface area contributed by atoms with Crippen molar-refractivity contribution < 1.29 is 22.7 Å². The second-order valence-electron chi connectivity index (χ2n) is 8.49. The van der Waals surface area contributed by atoms with Gasteiger partial charge >= 0.3 is 6.18 Å². The third-order valence-electron chi connectivity index (χ3n) is 6.13. The van der Waals surface area contributed by atoms with Gasteiger partial charge in [-0.25, -0.2) is 4.99 Å². The lowest BCUT2D eigenvalue weighted by atomic mass is 9.85. The zero-order valence-electron chi connectivity index (χ0n) is 18.0. The quantitative estimate of drug-likeness (QED) is 0.708. The lowest BCUT2D eigenvalue weighted by Crippen LogP contribution is -2.55. The summed E-state index contributed by atoms with van der Waals surface area (Å²) in [5, 5.41) is 0.265. The third kappa shape index (κ3) is 4.70. The van der Waals surface area contributed by atoms with Gasteiger partial charge in [-0.3, -0.25) is 14.7 Å². The predicted molar refractivity (Wildman–Crippen MR) is 118 cm³/mol. The molecular weight excluding hydrogens is 457 g/mol. The highest BCUT2D eigenvalue weighted by molar-refractivity contribution is 6.32. The molecule has 33 heavy (non-hydrogen) atoms. The van der Waals surface area contributed by atoms with Crippen LogP contribution in [0.15, 0.2) is 41.5 Å². The number of amides is 1. The van der Waals surface area contributed by atoms with Gasteiger partial charge in [0.25, 0.3) is 0 Å². The maximum Gasteiger partial charge on any atom is 0.433 e. The van der Waals surface area contributed by atoms with Gasteiger partial charge in [-0.2, -0.15) is 13.2 Å². The molecule has 0 bridgehead atoms. The van der Waals surface area contributed by atoms with E-state index in [1.165, 1.54) is 17.0 Å². The number of benzene rings is 1. The Bertz CT molecular complexity index is 1090. The highest BCUT2D eigenvalue weighted by atomic mass is 35.5. The van der Waals surface area contributed by atoms with E-state index in [9.17, 15) is 18.0 Å². The van der Waals surface area contributed by atoms with Crippen LogP contribution in [-0.2, 0) is 27.7 Å². The largest absolute Gasteiger partial charge is 0.433 e. The number of ether oxygens (including phenoxy) is 1. The summed E-state index contributed by atoms with van der Waals surface area (Å²) in [6.45, 7) is 2.87. The van der Waals surface area contributed by atoms with Crippen LogP contribution in [0.2, 0.25) is 5.02 Å². The maximum absolute atomic E-state index is 13.4. The second kappa shape index (κ2) is 8.95. The molecule has 2 aromatic rings. The van der Waals surface area contributed by atoms with Gasteiger partial charge in [-0.1, -0.05) is 35.9 Å². The molecule has 176 valence electrons. The number of hydrogen-bond donors (Lipinski definition) is 1. The van der Waals surface area contributed by atoms with E-state index in [2.05, 4.69) is 9.98 Å². The van der Waals surface area contributed by atoms with E-state index in [4.69, 9.17) is 22.1 Å². The summed E-state index contributed by atoms with van der Waals surface area (Å²) in [6.07, 6.45) is -2.11. The molecule has 1 saturated heterocycles. The van der Waals surface area contributed by atoms with Crippen molar-refractivity contribution in [1.82, 2.24) is 9.88 Å². The molecule has 0 saturated carbocycles. The van der Waals surface area contributed by atoms with Crippen LogP contribution in [0.5, 0.6) is 0 Å². The van der Waals surface area contributed by atoms with Crippen molar-refractivity contribution in [1.29, 1.82) is 0 Å². The summed E-state index contributed by atoms with van der Waals surface area (Å²) in [6, 6.07) is 7.87. The van der Waals surface area contributed by atoms with E-state index in [0.717, 1.165) is 6.20 Å². The van der Waals surface area contributed by atoms with E-state index in [-0.39, 0.29) is 41.3 Å². The topological polar surface area (TPSA) is 80.8 Å². The lowest BCUT2D eigenvalue weighted by Gasteiger charge is -2.40. The summed E-state index contributed by atoms with van der Waals surface area (Å²) in [5.41, 5.74) is 5.30. The van der Waals surface area contributed by atoms with E-state index in [1.807, 2.05) is 0 Å². The van der Waals surface area contributed by atoms with Crippen LogP contribution in [-0.4, -0.2) is 41.0 Å². The molecule has 1 amide bonds. The molecule has 1 aromatic heterocycles. The summed E-state index contributed by atoms with van der Waals surface area (Å²) in [4.78, 5) is 22.8. The zero-order valence-corrected chi connectivity index (χ0v) is 18.8. The molecule has 1 atom stereocenters. The van der Waals surface area contributed by atoms with E-state index < -0.39 is 17.4 Å². The molecule has 10 heteroatoms. The summed E-state index contributed by atoms with van der Waals surface area (Å²) >= 11 is 6.68. The van der Waals surface area contributed by atoms with Crippen LogP contribution in [0.25, 0.3) is 0 Å². The number of guanidine groups is 1. The first kappa shape index (κ1) is 23.5. The molecule has 1 fully saturated rings. The van der Waals surface area contributed by atoms with Gasteiger partial charge < -0.3 is 10.5 Å². The first-order valence-electron chi connectivity index (χ1n) is 10.6. The van der Waals surface area contributed by atoms with E-state index in [1.54, 1.807) is 25.1 Å². The number of aliphatic imine (C=N–C) groups is 1. The average molecular weight is 481 g/mol. The fourth-order valence-corrected chi connectivity index (χ4v) is 4.91. The Kier molecular flexibility index (Phi) is 6.37. The summed E-state index contributed by atoms with van der Waals surface area (Å²) in [5.74, 6) is -0.0428. The molecule has 2 N–H and O–H groups in total. The number of nitrogens with two attached hydrogens (primary N) is 1. The van der Waals surface area contributed by atoms with Crippen molar-refractivity contribution in [3.05, 3.63) is 63.9 Å². The normalized spacial score (nSPS) is 22.4. The number of carbonyl (C=O) groups is 1. The fraction of sp³-hybridized carbons (Fsp3) is 0.435. The average Bonchev–Trinajstić information content (AvgIpc) is 2.75. The van der Waals surface area contributed by atoms with Gasteiger partial charge in [0.05, 0.1) is 12.0 Å². The second-order valence-corrected chi connectivity index (χ2v) is 8.87. The fourth-order valence-electron chi connectivity index (χ4n) is 4.52. The predicted octanol–water partition coefficient (Wildman–Crippen LogP) is 4.29. The van der Waals surface area contributed by atoms with Gasteiger partial charge in [0.1, 0.15) is 5.69 Å². The number of carbonyl (C=O) groups excluding carboxylic acids is 1.